The molecule has 4 nitrogen and oxygen atoms in total. The van der Waals surface area contributed by atoms with Crippen molar-refractivity contribution in [2.45, 2.75) is 39.2 Å². The monoisotopic (exact) mass is 246 g/mol. The van der Waals surface area contributed by atoms with E-state index in [1.807, 2.05) is 13.0 Å². The van der Waals surface area contributed by atoms with E-state index >= 15 is 0 Å². The Morgan fingerprint density at radius 1 is 1.50 bits per heavy atom. The highest BCUT2D eigenvalue weighted by atomic mass is 16.2. The van der Waals surface area contributed by atoms with E-state index in [0.717, 1.165) is 24.1 Å². The van der Waals surface area contributed by atoms with Gasteiger partial charge >= 0.3 is 0 Å². The van der Waals surface area contributed by atoms with E-state index in [2.05, 4.69) is 17.6 Å². The molecule has 1 aromatic rings. The lowest BCUT2D eigenvalue weighted by atomic mass is 10.1. The van der Waals surface area contributed by atoms with Gasteiger partial charge in [0.2, 0.25) is 5.91 Å². The van der Waals surface area contributed by atoms with Crippen LogP contribution < -0.4 is 10.6 Å². The molecule has 2 rings (SSSR count). The highest BCUT2D eigenvalue weighted by Crippen LogP contribution is 2.23. The van der Waals surface area contributed by atoms with Gasteiger partial charge in [0.1, 0.15) is 0 Å². The predicted octanol–water partition coefficient (Wildman–Crippen LogP) is 2.10. The Morgan fingerprint density at radius 2 is 2.28 bits per heavy atom. The molecule has 2 amide bonds. The number of hydrogen-bond donors (Lipinski definition) is 2. The highest BCUT2D eigenvalue weighted by Gasteiger charge is 2.19. The standard InChI is InChI=1S/C14H18N2O2/c1-3-4-9(2)15-14(18)11-6-5-10-8-13(17)16-12(10)7-11/h5-7,9H,3-4,8H2,1-2H3,(H,15,18)(H,16,17). The smallest absolute Gasteiger partial charge is 0.251 e. The quantitative estimate of drug-likeness (QED) is 0.854. The maximum atomic E-state index is 12.0. The summed E-state index contributed by atoms with van der Waals surface area (Å²) in [6.07, 6.45) is 2.42. The predicted molar refractivity (Wildman–Crippen MR) is 70.6 cm³/mol. The van der Waals surface area contributed by atoms with Crippen LogP contribution in [0.25, 0.3) is 0 Å². The molecule has 0 radical (unpaired) electrons. The fraction of sp³-hybridized carbons (Fsp3) is 0.429. The maximum Gasteiger partial charge on any atom is 0.251 e. The molecule has 0 bridgehead atoms. The lowest BCUT2D eigenvalue weighted by molar-refractivity contribution is -0.115. The van der Waals surface area contributed by atoms with Crippen LogP contribution in [0.15, 0.2) is 18.2 Å². The topological polar surface area (TPSA) is 58.2 Å². The van der Waals surface area contributed by atoms with Gasteiger partial charge in [-0.25, -0.2) is 0 Å². The first-order chi connectivity index (χ1) is 8.60. The lowest BCUT2D eigenvalue weighted by Gasteiger charge is -2.13. The van der Waals surface area contributed by atoms with Gasteiger partial charge in [-0.1, -0.05) is 19.4 Å². The Balaban J connectivity index is 2.08. The molecule has 4 heteroatoms. The van der Waals surface area contributed by atoms with E-state index in [-0.39, 0.29) is 17.9 Å². The molecule has 0 aromatic heterocycles. The second kappa shape index (κ2) is 5.21. The van der Waals surface area contributed by atoms with Crippen molar-refractivity contribution in [3.05, 3.63) is 29.3 Å². The van der Waals surface area contributed by atoms with Crippen LogP contribution in [-0.2, 0) is 11.2 Å². The minimum atomic E-state index is -0.0834. The second-order valence-corrected chi connectivity index (χ2v) is 4.76. The third kappa shape index (κ3) is 2.70. The molecule has 0 aliphatic carbocycles. The van der Waals surface area contributed by atoms with Crippen LogP contribution in [-0.4, -0.2) is 17.9 Å². The van der Waals surface area contributed by atoms with Gasteiger partial charge < -0.3 is 10.6 Å². The number of carbonyl (C=O) groups is 2. The molecule has 1 atom stereocenters. The molecule has 2 N–H and O–H groups in total. The third-order valence-electron chi connectivity index (χ3n) is 3.10. The summed E-state index contributed by atoms with van der Waals surface area (Å²) in [5.74, 6) is -0.0955. The van der Waals surface area contributed by atoms with Gasteiger partial charge in [0.15, 0.2) is 0 Å². The summed E-state index contributed by atoms with van der Waals surface area (Å²) < 4.78 is 0. The highest BCUT2D eigenvalue weighted by molar-refractivity contribution is 6.02. The van der Waals surface area contributed by atoms with Gasteiger partial charge in [0.05, 0.1) is 6.42 Å². The number of carbonyl (C=O) groups excluding carboxylic acids is 2. The van der Waals surface area contributed by atoms with Crippen molar-refractivity contribution in [1.82, 2.24) is 5.32 Å². The number of benzene rings is 1. The zero-order valence-corrected chi connectivity index (χ0v) is 10.7. The summed E-state index contributed by atoms with van der Waals surface area (Å²) in [4.78, 5) is 23.2. The minimum absolute atomic E-state index is 0.0121. The van der Waals surface area contributed by atoms with Crippen LogP contribution in [0.5, 0.6) is 0 Å². The number of hydrogen-bond acceptors (Lipinski definition) is 2. The molecule has 0 saturated carbocycles. The Hall–Kier alpha value is -1.84. The molecule has 96 valence electrons. The van der Waals surface area contributed by atoms with Crippen LogP contribution in [0, 0.1) is 0 Å². The summed E-state index contributed by atoms with van der Waals surface area (Å²) in [6, 6.07) is 5.53. The molecular weight excluding hydrogens is 228 g/mol. The first kappa shape index (κ1) is 12.6. The van der Waals surface area contributed by atoms with Crippen LogP contribution in [0.1, 0.15) is 42.6 Å². The number of nitrogens with one attached hydrogen (secondary N) is 2. The first-order valence-electron chi connectivity index (χ1n) is 6.33. The van der Waals surface area contributed by atoms with E-state index in [0.29, 0.717) is 12.0 Å². The molecule has 1 heterocycles. The molecule has 0 fully saturated rings. The Kier molecular flexibility index (Phi) is 3.65. The van der Waals surface area contributed by atoms with Crippen LogP contribution >= 0.6 is 0 Å². The average molecular weight is 246 g/mol. The SMILES string of the molecule is CCCC(C)NC(=O)c1ccc2c(c1)NC(=O)C2. The summed E-state index contributed by atoms with van der Waals surface area (Å²) in [6.45, 7) is 4.09. The van der Waals surface area contributed by atoms with Gasteiger partial charge in [-0.15, -0.1) is 0 Å². The summed E-state index contributed by atoms with van der Waals surface area (Å²) in [5, 5.41) is 5.70. The van der Waals surface area contributed by atoms with E-state index in [1.165, 1.54) is 0 Å². The average Bonchev–Trinajstić information content (AvgIpc) is 2.68. The Morgan fingerprint density at radius 3 is 3.00 bits per heavy atom. The molecule has 1 aromatic carbocycles. The Bertz CT molecular complexity index is 483. The van der Waals surface area contributed by atoms with Crippen molar-refractivity contribution < 1.29 is 9.59 Å². The fourth-order valence-electron chi connectivity index (χ4n) is 2.17. The maximum absolute atomic E-state index is 12.0. The van der Waals surface area contributed by atoms with Crippen molar-refractivity contribution in [3.8, 4) is 0 Å². The zero-order chi connectivity index (χ0) is 13.1. The zero-order valence-electron chi connectivity index (χ0n) is 10.7. The van der Waals surface area contributed by atoms with E-state index < -0.39 is 0 Å². The van der Waals surface area contributed by atoms with Crippen molar-refractivity contribution in [1.29, 1.82) is 0 Å². The fourth-order valence-corrected chi connectivity index (χ4v) is 2.17. The first-order valence-corrected chi connectivity index (χ1v) is 6.33. The van der Waals surface area contributed by atoms with Gasteiger partial charge in [0.25, 0.3) is 5.91 Å². The summed E-state index contributed by atoms with van der Waals surface area (Å²) in [5.41, 5.74) is 2.31. The number of anilines is 1. The van der Waals surface area contributed by atoms with E-state index in [1.54, 1.807) is 12.1 Å². The minimum Gasteiger partial charge on any atom is -0.350 e. The molecule has 0 spiro atoms. The van der Waals surface area contributed by atoms with Gasteiger partial charge in [-0.3, -0.25) is 9.59 Å². The molecular formula is C14H18N2O2. The Labute approximate surface area is 107 Å². The number of amides is 2. The van der Waals surface area contributed by atoms with E-state index in [4.69, 9.17) is 0 Å². The number of rotatable bonds is 4. The van der Waals surface area contributed by atoms with Crippen LogP contribution in [0.2, 0.25) is 0 Å². The summed E-state index contributed by atoms with van der Waals surface area (Å²) >= 11 is 0. The lowest BCUT2D eigenvalue weighted by Crippen LogP contribution is -2.32. The van der Waals surface area contributed by atoms with Gasteiger partial charge in [-0.2, -0.15) is 0 Å². The van der Waals surface area contributed by atoms with Crippen LogP contribution in [0.3, 0.4) is 0 Å². The largest absolute Gasteiger partial charge is 0.350 e. The molecule has 1 unspecified atom stereocenters. The normalized spacial score (nSPS) is 14.9. The van der Waals surface area contributed by atoms with Gasteiger partial charge in [0, 0.05) is 17.3 Å². The van der Waals surface area contributed by atoms with Crippen molar-refractivity contribution in [2.75, 3.05) is 5.32 Å². The van der Waals surface area contributed by atoms with Crippen molar-refractivity contribution >= 4 is 17.5 Å². The molecule has 18 heavy (non-hydrogen) atoms. The second-order valence-electron chi connectivity index (χ2n) is 4.76. The molecule has 0 saturated heterocycles. The van der Waals surface area contributed by atoms with Crippen molar-refractivity contribution in [2.24, 2.45) is 0 Å². The van der Waals surface area contributed by atoms with Gasteiger partial charge in [-0.05, 0) is 31.0 Å². The summed E-state index contributed by atoms with van der Waals surface area (Å²) in [7, 11) is 0. The number of fused-ring (bicyclic) bond motifs is 1. The van der Waals surface area contributed by atoms with E-state index in [9.17, 15) is 9.59 Å². The van der Waals surface area contributed by atoms with Crippen LogP contribution in [0.4, 0.5) is 5.69 Å². The molecule has 1 aliphatic heterocycles. The third-order valence-corrected chi connectivity index (χ3v) is 3.10. The van der Waals surface area contributed by atoms with Crippen molar-refractivity contribution in [3.63, 3.8) is 0 Å². The molecule has 1 aliphatic rings.